The average molecular weight is 575 g/mol. The molecule has 39 heavy (non-hydrogen) atoms. The van der Waals surface area contributed by atoms with Gasteiger partial charge in [-0.05, 0) is 19.3 Å². The number of carboxylic acids is 3. The Morgan fingerprint density at radius 1 is 0.462 bits per heavy atom. The van der Waals surface area contributed by atoms with Crippen LogP contribution in [0.1, 0.15) is 175 Å². The molecular formula is C32H66O6Si. The van der Waals surface area contributed by atoms with E-state index in [1.807, 2.05) is 5.70 Å². The van der Waals surface area contributed by atoms with E-state index in [4.69, 9.17) is 15.3 Å². The average Bonchev–Trinajstić information content (AvgIpc) is 2.88. The molecule has 0 aromatic carbocycles. The fraction of sp³-hybridized carbons (Fsp3) is 0.844. The lowest BCUT2D eigenvalue weighted by molar-refractivity contribution is -0.138. The normalized spacial score (nSPS) is 9.72. The van der Waals surface area contributed by atoms with Crippen LogP contribution < -0.4 is 0 Å². The van der Waals surface area contributed by atoms with Gasteiger partial charge in [0, 0.05) is 29.5 Å². The van der Waals surface area contributed by atoms with E-state index in [0.717, 1.165) is 48.8 Å². The molecule has 3 N–H and O–H groups in total. The number of rotatable bonds is 24. The Balaban J connectivity index is -0.000000224. The van der Waals surface area contributed by atoms with Gasteiger partial charge in [-0.25, -0.2) is 0 Å². The van der Waals surface area contributed by atoms with Crippen LogP contribution in [0.15, 0.2) is 12.3 Å². The van der Waals surface area contributed by atoms with Gasteiger partial charge in [-0.2, -0.15) is 0 Å². The molecule has 0 unspecified atom stereocenters. The number of hydrogen-bond donors (Lipinski definition) is 3. The second-order valence-electron chi connectivity index (χ2n) is 10.2. The molecule has 0 aliphatic rings. The Morgan fingerprint density at radius 3 is 0.769 bits per heavy atom. The summed E-state index contributed by atoms with van der Waals surface area (Å²) < 4.78 is 0. The van der Waals surface area contributed by atoms with Crippen LogP contribution in [0, 0.1) is 0 Å². The summed E-state index contributed by atoms with van der Waals surface area (Å²) in [4.78, 5) is 30.4. The maximum atomic E-state index is 10.1. The topological polar surface area (TPSA) is 112 Å². The minimum absolute atomic E-state index is 0.341. The largest absolute Gasteiger partial charge is 0.481 e. The summed E-state index contributed by atoms with van der Waals surface area (Å²) in [5.74, 6) is -1.99. The van der Waals surface area contributed by atoms with E-state index in [9.17, 15) is 14.4 Å². The molecule has 0 aliphatic heterocycles. The predicted octanol–water partition coefficient (Wildman–Crippen LogP) is 9.13. The number of carbonyl (C=O) groups is 3. The molecule has 0 saturated heterocycles. The van der Waals surface area contributed by atoms with Crippen molar-refractivity contribution in [2.24, 2.45) is 0 Å². The maximum absolute atomic E-state index is 10.1. The van der Waals surface area contributed by atoms with Crippen molar-refractivity contribution in [1.29, 1.82) is 0 Å². The van der Waals surface area contributed by atoms with E-state index in [2.05, 4.69) is 27.4 Å². The van der Waals surface area contributed by atoms with Crippen molar-refractivity contribution in [1.82, 2.24) is 0 Å². The third-order valence-corrected chi connectivity index (χ3v) is 5.98. The molecule has 0 atom stereocenters. The third-order valence-electron chi connectivity index (χ3n) is 5.98. The Labute approximate surface area is 244 Å². The molecule has 234 valence electrons. The summed E-state index contributed by atoms with van der Waals surface area (Å²) in [7, 11) is 1.13. The highest BCUT2D eigenvalue weighted by Gasteiger charge is 1.97. The molecule has 0 aromatic heterocycles. The van der Waals surface area contributed by atoms with Gasteiger partial charge in [-0.15, -0.1) is 12.3 Å². The molecule has 0 rings (SSSR count). The molecule has 0 radical (unpaired) electrons. The van der Waals surface area contributed by atoms with E-state index in [-0.39, 0.29) is 0 Å². The van der Waals surface area contributed by atoms with Crippen LogP contribution >= 0.6 is 0 Å². The fourth-order valence-electron chi connectivity index (χ4n) is 3.70. The van der Waals surface area contributed by atoms with Crippen molar-refractivity contribution < 1.29 is 29.7 Å². The lowest BCUT2D eigenvalue weighted by Crippen LogP contribution is -1.93. The van der Waals surface area contributed by atoms with Crippen LogP contribution in [-0.4, -0.2) is 43.5 Å². The second-order valence-corrected chi connectivity index (χ2v) is 11.0. The standard InChI is InChI=1S/3C10H20O2.C2H6Si/c3*1-2-3-4-5-6-7-8-9-10(11)12;1-2-3/h3*2-9H2,1H3,(H,11,12);2H,1H2,3H3. The van der Waals surface area contributed by atoms with Gasteiger partial charge in [0.2, 0.25) is 0 Å². The minimum atomic E-state index is -0.663. The molecular weight excluding hydrogens is 508 g/mol. The fourth-order valence-corrected chi connectivity index (χ4v) is 3.70. The van der Waals surface area contributed by atoms with Crippen molar-refractivity contribution >= 4 is 28.2 Å². The molecule has 0 aromatic rings. The molecule has 7 heteroatoms. The highest BCUT2D eigenvalue weighted by molar-refractivity contribution is 6.16. The van der Waals surface area contributed by atoms with Crippen LogP contribution in [0.4, 0.5) is 0 Å². The Morgan fingerprint density at radius 2 is 0.615 bits per heavy atom. The Kier molecular flexibility index (Phi) is 49.4. The first-order valence-electron chi connectivity index (χ1n) is 16.0. The zero-order chi connectivity index (χ0) is 30.4. The van der Waals surface area contributed by atoms with Crippen molar-refractivity contribution in [3.8, 4) is 0 Å². The number of hydrogen-bond acceptors (Lipinski definition) is 3. The van der Waals surface area contributed by atoms with Crippen molar-refractivity contribution in [2.45, 2.75) is 175 Å². The molecule has 0 aliphatic carbocycles. The van der Waals surface area contributed by atoms with Gasteiger partial charge in [-0.1, -0.05) is 136 Å². The third kappa shape index (κ3) is 66.8. The zero-order valence-corrected chi connectivity index (χ0v) is 28.3. The van der Waals surface area contributed by atoms with Crippen molar-refractivity contribution in [2.75, 3.05) is 0 Å². The summed E-state index contributed by atoms with van der Waals surface area (Å²) in [6.07, 6.45) is 25.9. The van der Waals surface area contributed by atoms with E-state index < -0.39 is 17.9 Å². The van der Waals surface area contributed by atoms with Gasteiger partial charge in [0.05, 0.1) is 0 Å². The van der Waals surface area contributed by atoms with Gasteiger partial charge in [0.1, 0.15) is 0 Å². The van der Waals surface area contributed by atoms with Gasteiger partial charge in [-0.3, -0.25) is 14.4 Å². The first-order chi connectivity index (χ1) is 18.7. The van der Waals surface area contributed by atoms with E-state index in [1.54, 1.807) is 0 Å². The van der Waals surface area contributed by atoms with Gasteiger partial charge in [0.25, 0.3) is 0 Å². The molecule has 0 bridgehead atoms. The summed E-state index contributed by atoms with van der Waals surface area (Å²) in [5, 5.41) is 25.1. The minimum Gasteiger partial charge on any atom is -0.481 e. The zero-order valence-electron chi connectivity index (χ0n) is 26.3. The second kappa shape index (κ2) is 43.4. The molecule has 0 heterocycles. The Bertz CT molecular complexity index is 444. The van der Waals surface area contributed by atoms with Crippen molar-refractivity contribution in [3.05, 3.63) is 12.3 Å². The summed E-state index contributed by atoms with van der Waals surface area (Å²) in [5.41, 5.74) is 1.89. The predicted molar refractivity (Wildman–Crippen MR) is 171 cm³/mol. The molecule has 0 fully saturated rings. The molecule has 0 saturated carbocycles. The van der Waals surface area contributed by atoms with Crippen LogP contribution in [0.5, 0.6) is 0 Å². The van der Waals surface area contributed by atoms with Gasteiger partial charge < -0.3 is 15.3 Å². The van der Waals surface area contributed by atoms with E-state index in [0.29, 0.717) is 19.3 Å². The summed E-state index contributed by atoms with van der Waals surface area (Å²) in [6, 6.07) is 0. The van der Waals surface area contributed by atoms with Gasteiger partial charge >= 0.3 is 17.9 Å². The van der Waals surface area contributed by atoms with Crippen LogP contribution in [0.25, 0.3) is 0 Å². The Hall–Kier alpha value is -1.63. The lowest BCUT2D eigenvalue weighted by Gasteiger charge is -1.98. The smallest absolute Gasteiger partial charge is 0.303 e. The monoisotopic (exact) mass is 574 g/mol. The SMILES string of the molecule is C=C[SiH3].CCCCCCCCCC(=O)O.CCCCCCCCCC(=O)O.CCCCCCCCCC(=O)O. The van der Waals surface area contributed by atoms with Crippen molar-refractivity contribution in [3.63, 3.8) is 0 Å². The van der Waals surface area contributed by atoms with Gasteiger partial charge in [0.15, 0.2) is 0 Å². The highest BCUT2D eigenvalue weighted by Crippen LogP contribution is 2.09. The highest BCUT2D eigenvalue weighted by atomic mass is 28.1. The number of unbranched alkanes of at least 4 members (excludes halogenated alkanes) is 18. The van der Waals surface area contributed by atoms with Crippen LogP contribution in [-0.2, 0) is 14.4 Å². The first kappa shape index (κ1) is 44.4. The summed E-state index contributed by atoms with van der Waals surface area (Å²) >= 11 is 0. The van der Waals surface area contributed by atoms with E-state index in [1.165, 1.54) is 96.3 Å². The maximum Gasteiger partial charge on any atom is 0.303 e. The summed E-state index contributed by atoms with van der Waals surface area (Å²) in [6.45, 7) is 10.0. The van der Waals surface area contributed by atoms with E-state index >= 15 is 0 Å². The molecule has 0 amide bonds. The quantitative estimate of drug-likeness (QED) is 0.0782. The number of carboxylic acid groups (broad SMARTS) is 3. The molecule has 6 nitrogen and oxygen atoms in total. The van der Waals surface area contributed by atoms with Crippen LogP contribution in [0.3, 0.4) is 0 Å². The van der Waals surface area contributed by atoms with Crippen LogP contribution in [0.2, 0.25) is 0 Å². The molecule has 0 spiro atoms. The first-order valence-corrected chi connectivity index (χ1v) is 17.1. The lowest BCUT2D eigenvalue weighted by atomic mass is 10.1. The number of aliphatic carboxylic acids is 3.